The van der Waals surface area contributed by atoms with E-state index < -0.39 is 5.97 Å². The van der Waals surface area contributed by atoms with Crippen LogP contribution in [0, 0.1) is 5.92 Å². The molecule has 2 nitrogen and oxygen atoms in total. The monoisotopic (exact) mass is 246 g/mol. The summed E-state index contributed by atoms with van der Waals surface area (Å²) in [5.74, 6) is -1.10. The average molecular weight is 247 g/mol. The van der Waals surface area contributed by atoms with Gasteiger partial charge in [-0.05, 0) is 30.5 Å². The topological polar surface area (TPSA) is 37.3 Å². The lowest BCUT2D eigenvalue weighted by atomic mass is 10.0. The molecule has 1 atom stereocenters. The molecule has 0 amide bonds. The third-order valence-corrected chi connectivity index (χ3v) is 3.01. The zero-order chi connectivity index (χ0) is 11.4. The minimum absolute atomic E-state index is 0.334. The number of hydrogen-bond acceptors (Lipinski definition) is 1. The van der Waals surface area contributed by atoms with E-state index in [2.05, 4.69) is 0 Å². The van der Waals surface area contributed by atoms with Crippen molar-refractivity contribution in [3.05, 3.63) is 33.8 Å². The molecule has 15 heavy (non-hydrogen) atoms. The molecular formula is C11H12Cl2O2. The maximum atomic E-state index is 10.6. The Bertz CT molecular complexity index is 364. The molecule has 0 saturated heterocycles. The molecule has 0 aliphatic rings. The summed E-state index contributed by atoms with van der Waals surface area (Å²) in [7, 11) is 0. The van der Waals surface area contributed by atoms with Crippen molar-refractivity contribution in [1.29, 1.82) is 0 Å². The van der Waals surface area contributed by atoms with E-state index in [-0.39, 0.29) is 5.92 Å². The van der Waals surface area contributed by atoms with Crippen molar-refractivity contribution < 1.29 is 9.90 Å². The molecule has 0 aliphatic carbocycles. The Hall–Kier alpha value is -0.730. The smallest absolute Gasteiger partial charge is 0.306 e. The predicted molar refractivity (Wildman–Crippen MR) is 61.6 cm³/mol. The van der Waals surface area contributed by atoms with Crippen LogP contribution in [0.3, 0.4) is 0 Å². The van der Waals surface area contributed by atoms with Crippen molar-refractivity contribution in [3.63, 3.8) is 0 Å². The molecule has 1 aromatic carbocycles. The average Bonchev–Trinajstić information content (AvgIpc) is 2.19. The van der Waals surface area contributed by atoms with Crippen LogP contribution >= 0.6 is 23.2 Å². The van der Waals surface area contributed by atoms with E-state index in [0.717, 1.165) is 5.56 Å². The molecule has 0 radical (unpaired) electrons. The standard InChI is InChI=1S/C11H12Cl2O2/c1-7(11(14)15)2-3-8-4-5-9(12)10(13)6-8/h4-7H,2-3H2,1H3,(H,14,15). The van der Waals surface area contributed by atoms with Gasteiger partial charge >= 0.3 is 5.97 Å². The van der Waals surface area contributed by atoms with Crippen molar-refractivity contribution in [2.24, 2.45) is 5.92 Å². The van der Waals surface area contributed by atoms with Crippen molar-refractivity contribution in [2.45, 2.75) is 19.8 Å². The number of aliphatic carboxylic acids is 1. The minimum Gasteiger partial charge on any atom is -0.481 e. The Balaban J connectivity index is 2.58. The molecule has 0 aliphatic heterocycles. The number of carboxylic acid groups (broad SMARTS) is 1. The van der Waals surface area contributed by atoms with Gasteiger partial charge in [0.25, 0.3) is 0 Å². The lowest BCUT2D eigenvalue weighted by molar-refractivity contribution is -0.141. The molecule has 0 aromatic heterocycles. The fourth-order valence-corrected chi connectivity index (χ4v) is 1.52. The van der Waals surface area contributed by atoms with Gasteiger partial charge in [0.15, 0.2) is 0 Å². The van der Waals surface area contributed by atoms with Crippen molar-refractivity contribution >= 4 is 29.2 Å². The number of benzene rings is 1. The van der Waals surface area contributed by atoms with Gasteiger partial charge in [0.05, 0.1) is 16.0 Å². The van der Waals surface area contributed by atoms with E-state index in [1.165, 1.54) is 0 Å². The minimum atomic E-state index is -0.768. The van der Waals surface area contributed by atoms with E-state index >= 15 is 0 Å². The molecule has 4 heteroatoms. The number of carboxylic acids is 1. The zero-order valence-electron chi connectivity index (χ0n) is 8.34. The fraction of sp³-hybridized carbons (Fsp3) is 0.364. The molecule has 0 spiro atoms. The number of hydrogen-bond donors (Lipinski definition) is 1. The van der Waals surface area contributed by atoms with Crippen LogP contribution in [0.15, 0.2) is 18.2 Å². The summed E-state index contributed by atoms with van der Waals surface area (Å²) in [4.78, 5) is 10.6. The van der Waals surface area contributed by atoms with Gasteiger partial charge in [-0.2, -0.15) is 0 Å². The summed E-state index contributed by atoms with van der Waals surface area (Å²) in [6.45, 7) is 1.69. The number of rotatable bonds is 4. The van der Waals surface area contributed by atoms with Gasteiger partial charge < -0.3 is 5.11 Å². The normalized spacial score (nSPS) is 12.5. The van der Waals surface area contributed by atoms with Crippen molar-refractivity contribution in [1.82, 2.24) is 0 Å². The van der Waals surface area contributed by atoms with E-state index in [9.17, 15) is 4.79 Å². The zero-order valence-corrected chi connectivity index (χ0v) is 9.85. The summed E-state index contributed by atoms with van der Waals surface area (Å²) in [6, 6.07) is 5.37. The van der Waals surface area contributed by atoms with Crippen LogP contribution in [0.5, 0.6) is 0 Å². The van der Waals surface area contributed by atoms with E-state index in [4.69, 9.17) is 28.3 Å². The summed E-state index contributed by atoms with van der Waals surface area (Å²) in [5, 5.41) is 9.74. The third-order valence-electron chi connectivity index (χ3n) is 2.27. The summed E-state index contributed by atoms with van der Waals surface area (Å²) >= 11 is 11.6. The number of halogens is 2. The van der Waals surface area contributed by atoms with Crippen LogP contribution in [0.1, 0.15) is 18.9 Å². The van der Waals surface area contributed by atoms with Gasteiger partial charge in [0.1, 0.15) is 0 Å². The number of carbonyl (C=O) groups is 1. The third kappa shape index (κ3) is 3.73. The fourth-order valence-electron chi connectivity index (χ4n) is 1.20. The largest absolute Gasteiger partial charge is 0.481 e. The molecule has 82 valence electrons. The molecule has 0 fully saturated rings. The van der Waals surface area contributed by atoms with Crippen LogP contribution in [-0.2, 0) is 11.2 Å². The van der Waals surface area contributed by atoms with Crippen LogP contribution in [0.2, 0.25) is 10.0 Å². The van der Waals surface area contributed by atoms with E-state index in [1.807, 2.05) is 6.07 Å². The second-order valence-corrected chi connectivity index (χ2v) is 4.34. The van der Waals surface area contributed by atoms with Gasteiger partial charge in [-0.1, -0.05) is 36.2 Å². The van der Waals surface area contributed by atoms with Crippen LogP contribution < -0.4 is 0 Å². The Morgan fingerprint density at radius 2 is 2.07 bits per heavy atom. The van der Waals surface area contributed by atoms with Gasteiger partial charge in [-0.25, -0.2) is 0 Å². The first-order valence-corrected chi connectivity index (χ1v) is 5.43. The molecule has 0 bridgehead atoms. The lowest BCUT2D eigenvalue weighted by Crippen LogP contribution is -2.10. The molecule has 0 heterocycles. The maximum absolute atomic E-state index is 10.6. The SMILES string of the molecule is CC(CCc1ccc(Cl)c(Cl)c1)C(=O)O. The molecule has 1 N–H and O–H groups in total. The van der Waals surface area contributed by atoms with Gasteiger partial charge in [-0.15, -0.1) is 0 Å². The van der Waals surface area contributed by atoms with Crippen LogP contribution in [0.25, 0.3) is 0 Å². The highest BCUT2D eigenvalue weighted by Gasteiger charge is 2.10. The van der Waals surface area contributed by atoms with Crippen LogP contribution in [0.4, 0.5) is 0 Å². The van der Waals surface area contributed by atoms with E-state index in [1.54, 1.807) is 19.1 Å². The van der Waals surface area contributed by atoms with Crippen LogP contribution in [-0.4, -0.2) is 11.1 Å². The van der Waals surface area contributed by atoms with Gasteiger partial charge in [-0.3, -0.25) is 4.79 Å². The Kier molecular flexibility index (Phi) is 4.43. The maximum Gasteiger partial charge on any atom is 0.306 e. The van der Waals surface area contributed by atoms with Crippen molar-refractivity contribution in [3.8, 4) is 0 Å². The second kappa shape index (κ2) is 5.38. The summed E-state index contributed by atoms with van der Waals surface area (Å²) in [6.07, 6.45) is 1.30. The van der Waals surface area contributed by atoms with Gasteiger partial charge in [0, 0.05) is 0 Å². The highest BCUT2D eigenvalue weighted by molar-refractivity contribution is 6.42. The quantitative estimate of drug-likeness (QED) is 0.881. The van der Waals surface area contributed by atoms with Crippen molar-refractivity contribution in [2.75, 3.05) is 0 Å². The molecule has 0 saturated carbocycles. The Morgan fingerprint density at radius 1 is 1.40 bits per heavy atom. The second-order valence-electron chi connectivity index (χ2n) is 3.53. The lowest BCUT2D eigenvalue weighted by Gasteiger charge is -2.06. The predicted octanol–water partition coefficient (Wildman–Crippen LogP) is 3.65. The Labute approximate surface area is 98.8 Å². The molecule has 1 rings (SSSR count). The Morgan fingerprint density at radius 3 is 2.60 bits per heavy atom. The summed E-state index contributed by atoms with van der Waals surface area (Å²) in [5.41, 5.74) is 1.01. The highest BCUT2D eigenvalue weighted by Crippen LogP contribution is 2.23. The first-order valence-electron chi connectivity index (χ1n) is 4.67. The number of aryl methyl sites for hydroxylation is 1. The first-order chi connectivity index (χ1) is 7.00. The summed E-state index contributed by atoms with van der Waals surface area (Å²) < 4.78 is 0. The first kappa shape index (κ1) is 12.3. The molecular weight excluding hydrogens is 235 g/mol. The highest BCUT2D eigenvalue weighted by atomic mass is 35.5. The van der Waals surface area contributed by atoms with Gasteiger partial charge in [0.2, 0.25) is 0 Å². The molecule has 1 aromatic rings. The van der Waals surface area contributed by atoms with E-state index in [0.29, 0.717) is 22.9 Å². The molecule has 1 unspecified atom stereocenters.